The topological polar surface area (TPSA) is 37.3 Å². The van der Waals surface area contributed by atoms with Crippen LogP contribution in [0, 0.1) is 5.41 Å². The summed E-state index contributed by atoms with van der Waals surface area (Å²) in [5.74, 6) is -0.675. The van der Waals surface area contributed by atoms with Crippen LogP contribution in [0.15, 0.2) is 0 Å². The Morgan fingerprint density at radius 1 is 1.15 bits per heavy atom. The van der Waals surface area contributed by atoms with E-state index in [2.05, 4.69) is 20.8 Å². The number of carboxylic acid groups (broad SMARTS) is 1. The van der Waals surface area contributed by atoms with Crippen LogP contribution in [-0.4, -0.2) is 34.1 Å². The average molecular weight is 199 g/mol. The molecule has 0 radical (unpaired) electrons. The molecular formula is C10H22MgO2. The van der Waals surface area contributed by atoms with E-state index < -0.39 is 5.97 Å². The van der Waals surface area contributed by atoms with Gasteiger partial charge in [0, 0.05) is 6.42 Å². The third-order valence-electron chi connectivity index (χ3n) is 1.82. The highest BCUT2D eigenvalue weighted by molar-refractivity contribution is 5.75. The van der Waals surface area contributed by atoms with Gasteiger partial charge in [-0.3, -0.25) is 4.79 Å². The van der Waals surface area contributed by atoms with E-state index in [-0.39, 0.29) is 23.1 Å². The van der Waals surface area contributed by atoms with Crippen LogP contribution in [0.4, 0.5) is 0 Å². The lowest BCUT2D eigenvalue weighted by Crippen LogP contribution is -2.04. The quantitative estimate of drug-likeness (QED) is 0.543. The zero-order valence-electron chi connectivity index (χ0n) is 8.39. The first-order chi connectivity index (χ1) is 5.42. The van der Waals surface area contributed by atoms with E-state index in [0.717, 1.165) is 19.3 Å². The van der Waals surface area contributed by atoms with Crippen LogP contribution in [0.5, 0.6) is 0 Å². The minimum atomic E-state index is -0.675. The lowest BCUT2D eigenvalue weighted by atomic mass is 9.89. The van der Waals surface area contributed by atoms with Crippen molar-refractivity contribution in [3.8, 4) is 0 Å². The Morgan fingerprint density at radius 2 is 1.69 bits per heavy atom. The average Bonchev–Trinajstić information content (AvgIpc) is 1.83. The van der Waals surface area contributed by atoms with Crippen LogP contribution >= 0.6 is 0 Å². The molecule has 13 heavy (non-hydrogen) atoms. The maximum atomic E-state index is 10.2. The highest BCUT2D eigenvalue weighted by Gasteiger charge is 2.08. The fourth-order valence-corrected chi connectivity index (χ4v) is 1.11. The molecule has 3 heteroatoms. The fourth-order valence-electron chi connectivity index (χ4n) is 1.11. The highest BCUT2D eigenvalue weighted by atomic mass is 24.3. The van der Waals surface area contributed by atoms with Crippen molar-refractivity contribution in [2.24, 2.45) is 5.41 Å². The molecule has 0 aromatic rings. The number of carboxylic acids is 1. The molecule has 0 rings (SSSR count). The first kappa shape index (κ1) is 15.7. The van der Waals surface area contributed by atoms with Gasteiger partial charge in [-0.1, -0.05) is 33.6 Å². The zero-order chi connectivity index (χ0) is 9.61. The third-order valence-corrected chi connectivity index (χ3v) is 1.82. The van der Waals surface area contributed by atoms with Crippen molar-refractivity contribution in [2.45, 2.75) is 52.9 Å². The minimum absolute atomic E-state index is 0. The van der Waals surface area contributed by atoms with Crippen LogP contribution in [0.2, 0.25) is 0 Å². The van der Waals surface area contributed by atoms with Crippen LogP contribution < -0.4 is 0 Å². The van der Waals surface area contributed by atoms with Crippen LogP contribution in [0.25, 0.3) is 0 Å². The number of aliphatic carboxylic acids is 1. The molecule has 0 spiro atoms. The Labute approximate surface area is 97.2 Å². The number of carbonyl (C=O) groups is 1. The molecular weight excluding hydrogens is 176 g/mol. The van der Waals surface area contributed by atoms with E-state index in [1.807, 2.05) is 0 Å². The van der Waals surface area contributed by atoms with E-state index >= 15 is 0 Å². The Bertz CT molecular complexity index is 138. The summed E-state index contributed by atoms with van der Waals surface area (Å²) in [6.07, 6.45) is 4.53. The third kappa shape index (κ3) is 15.0. The lowest BCUT2D eigenvalue weighted by Gasteiger charge is -2.17. The summed E-state index contributed by atoms with van der Waals surface area (Å²) in [5, 5.41) is 8.37. The molecule has 0 aliphatic carbocycles. The van der Waals surface area contributed by atoms with Crippen LogP contribution in [-0.2, 0) is 4.79 Å². The second kappa shape index (κ2) is 7.62. The second-order valence-corrected chi connectivity index (χ2v) is 4.52. The monoisotopic (exact) mass is 198 g/mol. The minimum Gasteiger partial charge on any atom is -0.481 e. The molecule has 0 aromatic carbocycles. The van der Waals surface area contributed by atoms with Gasteiger partial charge in [0.25, 0.3) is 0 Å². The van der Waals surface area contributed by atoms with Crippen molar-refractivity contribution in [1.82, 2.24) is 0 Å². The molecule has 2 nitrogen and oxygen atoms in total. The van der Waals surface area contributed by atoms with E-state index in [4.69, 9.17) is 5.11 Å². The van der Waals surface area contributed by atoms with E-state index in [1.165, 1.54) is 6.42 Å². The first-order valence-electron chi connectivity index (χ1n) is 4.63. The molecule has 0 atom stereocenters. The molecule has 0 aliphatic heterocycles. The van der Waals surface area contributed by atoms with Gasteiger partial charge in [0.1, 0.15) is 0 Å². The maximum Gasteiger partial charge on any atom is 0.316 e. The summed E-state index contributed by atoms with van der Waals surface area (Å²) in [6.45, 7) is 6.64. The number of hydrogen-bond donors (Lipinski definition) is 1. The number of rotatable bonds is 5. The van der Waals surface area contributed by atoms with Gasteiger partial charge >= 0.3 is 29.0 Å². The molecule has 1 N–H and O–H groups in total. The van der Waals surface area contributed by atoms with Gasteiger partial charge in [-0.25, -0.2) is 0 Å². The summed E-state index contributed by atoms with van der Waals surface area (Å²) >= 11 is 0. The molecule has 0 fully saturated rings. The highest BCUT2D eigenvalue weighted by Crippen LogP contribution is 2.22. The largest absolute Gasteiger partial charge is 0.481 e. The van der Waals surface area contributed by atoms with Gasteiger partial charge in [0.2, 0.25) is 0 Å². The van der Waals surface area contributed by atoms with Gasteiger partial charge in [-0.05, 0) is 18.3 Å². The Balaban J connectivity index is 0. The van der Waals surface area contributed by atoms with E-state index in [1.54, 1.807) is 0 Å². The van der Waals surface area contributed by atoms with Crippen molar-refractivity contribution in [1.29, 1.82) is 0 Å². The smallest absolute Gasteiger partial charge is 0.316 e. The zero-order valence-corrected chi connectivity index (χ0v) is 8.39. The predicted octanol–water partition coefficient (Wildman–Crippen LogP) is 2.15. The van der Waals surface area contributed by atoms with Gasteiger partial charge in [-0.2, -0.15) is 0 Å². The molecule has 0 heterocycles. The van der Waals surface area contributed by atoms with Crippen molar-refractivity contribution in [3.63, 3.8) is 0 Å². The molecule has 0 bridgehead atoms. The molecule has 0 saturated heterocycles. The van der Waals surface area contributed by atoms with E-state index in [0.29, 0.717) is 11.8 Å². The summed E-state index contributed by atoms with van der Waals surface area (Å²) in [6, 6.07) is 0. The summed E-state index contributed by atoms with van der Waals surface area (Å²) in [7, 11) is 0. The first-order valence-corrected chi connectivity index (χ1v) is 4.63. The van der Waals surface area contributed by atoms with Crippen LogP contribution in [0.1, 0.15) is 52.9 Å². The normalized spacial score (nSPS) is 10.7. The summed E-state index contributed by atoms with van der Waals surface area (Å²) in [5.41, 5.74) is 0.392. The Morgan fingerprint density at radius 3 is 2.08 bits per heavy atom. The molecule has 0 unspecified atom stereocenters. The second-order valence-electron chi connectivity index (χ2n) is 4.52. The molecule has 0 aromatic heterocycles. The fraction of sp³-hybridized carbons (Fsp3) is 0.900. The molecule has 0 amide bonds. The standard InChI is InChI=1S/C10H20O2.Mg.2H/c1-10(2,3)8-6-4-5-7-9(11)12;;;/h4-8H2,1-3H3,(H,11,12);;;. The van der Waals surface area contributed by atoms with Crippen molar-refractivity contribution in [3.05, 3.63) is 0 Å². The van der Waals surface area contributed by atoms with Crippen molar-refractivity contribution >= 4 is 29.0 Å². The predicted molar refractivity (Wildman–Crippen MR) is 58.7 cm³/mol. The summed E-state index contributed by atoms with van der Waals surface area (Å²) < 4.78 is 0. The number of unbranched alkanes of at least 4 members (excludes halogenated alkanes) is 2. The molecule has 0 aliphatic rings. The summed E-state index contributed by atoms with van der Waals surface area (Å²) in [4.78, 5) is 10.2. The maximum absolute atomic E-state index is 10.2. The van der Waals surface area contributed by atoms with Gasteiger partial charge in [0.15, 0.2) is 0 Å². The molecule has 76 valence electrons. The van der Waals surface area contributed by atoms with Gasteiger partial charge in [-0.15, -0.1) is 0 Å². The lowest BCUT2D eigenvalue weighted by molar-refractivity contribution is -0.137. The van der Waals surface area contributed by atoms with E-state index in [9.17, 15) is 4.79 Å². The number of hydrogen-bond acceptors (Lipinski definition) is 1. The molecule has 0 saturated carbocycles. The van der Waals surface area contributed by atoms with Crippen molar-refractivity contribution < 1.29 is 9.90 Å². The van der Waals surface area contributed by atoms with Crippen LogP contribution in [0.3, 0.4) is 0 Å². The van der Waals surface area contributed by atoms with Gasteiger partial charge in [0.05, 0.1) is 0 Å². The Hall–Kier alpha value is 0.236. The van der Waals surface area contributed by atoms with Gasteiger partial charge < -0.3 is 5.11 Å². The Kier molecular flexibility index (Phi) is 9.20. The van der Waals surface area contributed by atoms with Crippen molar-refractivity contribution in [2.75, 3.05) is 0 Å². The SMILES string of the molecule is CC(C)(C)CCCCCC(=O)O.[MgH2].